The van der Waals surface area contributed by atoms with Crippen LogP contribution in [0, 0.1) is 5.92 Å². The zero-order chi connectivity index (χ0) is 13.7. The zero-order valence-electron chi connectivity index (χ0n) is 10.6. The number of anilines is 1. The standard InChI is InChI=1S/C13H18N2O3/c1-3-15(8-9(2)13(17)18)11-7-5-4-6-10(11)12(14)16/h4-7,9H,3,8H2,1-2H3,(H2,14,16)(H,17,18). The van der Waals surface area contributed by atoms with Crippen LogP contribution in [0.15, 0.2) is 24.3 Å². The molecule has 0 aromatic heterocycles. The number of carbonyl (C=O) groups is 2. The quantitative estimate of drug-likeness (QED) is 0.797. The van der Waals surface area contributed by atoms with Gasteiger partial charge in [-0.25, -0.2) is 0 Å². The SMILES string of the molecule is CCN(CC(C)C(=O)O)c1ccccc1C(N)=O. The third-order valence-electron chi connectivity index (χ3n) is 2.81. The van der Waals surface area contributed by atoms with E-state index in [0.717, 1.165) is 0 Å². The van der Waals surface area contributed by atoms with Crippen LogP contribution in [0.4, 0.5) is 5.69 Å². The fourth-order valence-electron chi connectivity index (χ4n) is 1.76. The summed E-state index contributed by atoms with van der Waals surface area (Å²) in [5.41, 5.74) is 6.41. The molecule has 1 rings (SSSR count). The third kappa shape index (κ3) is 3.23. The van der Waals surface area contributed by atoms with Gasteiger partial charge in [-0.1, -0.05) is 19.1 Å². The molecule has 18 heavy (non-hydrogen) atoms. The van der Waals surface area contributed by atoms with E-state index in [4.69, 9.17) is 10.8 Å². The van der Waals surface area contributed by atoms with Crippen molar-refractivity contribution in [2.45, 2.75) is 13.8 Å². The molecule has 1 aromatic rings. The molecule has 0 saturated carbocycles. The Kier molecular flexibility index (Phi) is 4.71. The molecule has 3 N–H and O–H groups in total. The first kappa shape index (κ1) is 14.0. The summed E-state index contributed by atoms with van der Waals surface area (Å²) in [6, 6.07) is 6.96. The Balaban J connectivity index is 3.02. The number of benzene rings is 1. The van der Waals surface area contributed by atoms with Crippen molar-refractivity contribution in [3.8, 4) is 0 Å². The Bertz CT molecular complexity index is 446. The van der Waals surface area contributed by atoms with E-state index in [1.807, 2.05) is 11.8 Å². The minimum Gasteiger partial charge on any atom is -0.481 e. The van der Waals surface area contributed by atoms with E-state index in [1.165, 1.54) is 0 Å². The minimum absolute atomic E-state index is 0.343. The summed E-state index contributed by atoms with van der Waals surface area (Å²) in [4.78, 5) is 24.1. The molecule has 0 saturated heterocycles. The average molecular weight is 250 g/mol. The first-order valence-corrected chi connectivity index (χ1v) is 5.84. The van der Waals surface area contributed by atoms with Gasteiger partial charge in [-0.05, 0) is 19.1 Å². The lowest BCUT2D eigenvalue weighted by atomic mass is 10.1. The molecule has 0 aliphatic carbocycles. The molecule has 0 spiro atoms. The van der Waals surface area contributed by atoms with Crippen molar-refractivity contribution >= 4 is 17.6 Å². The number of carboxylic acid groups (broad SMARTS) is 1. The first-order chi connectivity index (χ1) is 8.47. The molecule has 0 fully saturated rings. The van der Waals surface area contributed by atoms with Crippen LogP contribution in [0.3, 0.4) is 0 Å². The van der Waals surface area contributed by atoms with E-state index < -0.39 is 17.8 Å². The maximum absolute atomic E-state index is 11.3. The van der Waals surface area contributed by atoms with Gasteiger partial charge in [0.1, 0.15) is 0 Å². The Morgan fingerprint density at radius 1 is 1.39 bits per heavy atom. The third-order valence-corrected chi connectivity index (χ3v) is 2.81. The van der Waals surface area contributed by atoms with Crippen LogP contribution >= 0.6 is 0 Å². The van der Waals surface area contributed by atoms with E-state index in [9.17, 15) is 9.59 Å². The molecule has 1 aromatic carbocycles. The second-order valence-corrected chi connectivity index (χ2v) is 4.16. The Morgan fingerprint density at radius 3 is 2.50 bits per heavy atom. The fourth-order valence-corrected chi connectivity index (χ4v) is 1.76. The van der Waals surface area contributed by atoms with Crippen LogP contribution in [0.2, 0.25) is 0 Å². The first-order valence-electron chi connectivity index (χ1n) is 5.84. The van der Waals surface area contributed by atoms with Gasteiger partial charge in [0.25, 0.3) is 5.91 Å². The Hall–Kier alpha value is -2.04. The smallest absolute Gasteiger partial charge is 0.308 e. The lowest BCUT2D eigenvalue weighted by Gasteiger charge is -2.26. The predicted molar refractivity (Wildman–Crippen MR) is 69.6 cm³/mol. The van der Waals surface area contributed by atoms with E-state index in [1.54, 1.807) is 31.2 Å². The molecule has 5 heteroatoms. The van der Waals surface area contributed by atoms with E-state index >= 15 is 0 Å². The van der Waals surface area contributed by atoms with Crippen molar-refractivity contribution in [2.75, 3.05) is 18.0 Å². The molecule has 0 radical (unpaired) electrons. The molecule has 0 aliphatic rings. The van der Waals surface area contributed by atoms with Crippen molar-refractivity contribution in [3.63, 3.8) is 0 Å². The predicted octanol–water partition coefficient (Wildman–Crippen LogP) is 1.33. The summed E-state index contributed by atoms with van der Waals surface area (Å²) in [5, 5.41) is 8.93. The molecule has 0 aliphatic heterocycles. The number of aliphatic carboxylic acids is 1. The number of hydrogen-bond donors (Lipinski definition) is 2. The van der Waals surface area contributed by atoms with Gasteiger partial charge in [0.2, 0.25) is 0 Å². The van der Waals surface area contributed by atoms with Gasteiger partial charge in [0.05, 0.1) is 11.5 Å². The van der Waals surface area contributed by atoms with Gasteiger partial charge in [-0.2, -0.15) is 0 Å². The highest BCUT2D eigenvalue weighted by atomic mass is 16.4. The van der Waals surface area contributed by atoms with E-state index in [-0.39, 0.29) is 0 Å². The summed E-state index contributed by atoms with van der Waals surface area (Å²) in [5.74, 6) is -1.87. The van der Waals surface area contributed by atoms with Crippen molar-refractivity contribution in [2.24, 2.45) is 11.7 Å². The molecule has 1 amide bonds. The molecule has 0 bridgehead atoms. The van der Waals surface area contributed by atoms with Crippen molar-refractivity contribution in [3.05, 3.63) is 29.8 Å². The maximum atomic E-state index is 11.3. The number of nitrogens with two attached hydrogens (primary N) is 1. The van der Waals surface area contributed by atoms with Crippen LogP contribution < -0.4 is 10.6 Å². The highest BCUT2D eigenvalue weighted by Gasteiger charge is 2.18. The molecule has 1 atom stereocenters. The highest BCUT2D eigenvalue weighted by Crippen LogP contribution is 2.21. The largest absolute Gasteiger partial charge is 0.481 e. The normalized spacial score (nSPS) is 11.9. The van der Waals surface area contributed by atoms with Gasteiger partial charge in [-0.15, -0.1) is 0 Å². The van der Waals surface area contributed by atoms with Crippen LogP contribution in [0.25, 0.3) is 0 Å². The van der Waals surface area contributed by atoms with Crippen molar-refractivity contribution in [1.29, 1.82) is 0 Å². The van der Waals surface area contributed by atoms with E-state index in [2.05, 4.69) is 0 Å². The number of carboxylic acids is 1. The topological polar surface area (TPSA) is 83.6 Å². The van der Waals surface area contributed by atoms with Gasteiger partial charge >= 0.3 is 5.97 Å². The number of hydrogen-bond acceptors (Lipinski definition) is 3. The summed E-state index contributed by atoms with van der Waals surface area (Å²) in [6.45, 7) is 4.50. The monoisotopic (exact) mass is 250 g/mol. The number of rotatable bonds is 6. The van der Waals surface area contributed by atoms with Crippen molar-refractivity contribution in [1.82, 2.24) is 0 Å². The highest BCUT2D eigenvalue weighted by molar-refractivity contribution is 5.98. The average Bonchev–Trinajstić information content (AvgIpc) is 2.35. The minimum atomic E-state index is -0.856. The number of primary amides is 1. The number of carbonyl (C=O) groups excluding carboxylic acids is 1. The molecule has 0 heterocycles. The van der Waals surface area contributed by atoms with Gasteiger partial charge < -0.3 is 15.7 Å². The Labute approximate surface area is 106 Å². The van der Waals surface area contributed by atoms with Crippen LogP contribution in [-0.2, 0) is 4.79 Å². The Morgan fingerprint density at radius 2 is 2.00 bits per heavy atom. The van der Waals surface area contributed by atoms with Crippen LogP contribution in [0.5, 0.6) is 0 Å². The van der Waals surface area contributed by atoms with Crippen molar-refractivity contribution < 1.29 is 14.7 Å². The zero-order valence-corrected chi connectivity index (χ0v) is 10.6. The molecule has 5 nitrogen and oxygen atoms in total. The summed E-state index contributed by atoms with van der Waals surface area (Å²) < 4.78 is 0. The van der Waals surface area contributed by atoms with Gasteiger partial charge in [-0.3, -0.25) is 9.59 Å². The maximum Gasteiger partial charge on any atom is 0.308 e. The second kappa shape index (κ2) is 6.05. The molecular formula is C13H18N2O3. The summed E-state index contributed by atoms with van der Waals surface area (Å²) in [7, 11) is 0. The van der Waals surface area contributed by atoms with E-state index in [0.29, 0.717) is 24.3 Å². The van der Waals surface area contributed by atoms with Gasteiger partial charge in [0.15, 0.2) is 0 Å². The molecular weight excluding hydrogens is 232 g/mol. The fraction of sp³-hybridized carbons (Fsp3) is 0.385. The lowest BCUT2D eigenvalue weighted by molar-refractivity contribution is -0.140. The summed E-state index contributed by atoms with van der Waals surface area (Å²) in [6.07, 6.45) is 0. The second-order valence-electron chi connectivity index (χ2n) is 4.16. The summed E-state index contributed by atoms with van der Waals surface area (Å²) >= 11 is 0. The molecule has 98 valence electrons. The lowest BCUT2D eigenvalue weighted by Crippen LogP contribution is -2.33. The molecule has 1 unspecified atom stereocenters. The number of amides is 1. The van der Waals surface area contributed by atoms with Gasteiger partial charge in [0, 0.05) is 18.8 Å². The number of nitrogens with zero attached hydrogens (tertiary/aromatic N) is 1. The van der Waals surface area contributed by atoms with Crippen LogP contribution in [0.1, 0.15) is 24.2 Å². The number of para-hydroxylation sites is 1. The van der Waals surface area contributed by atoms with Crippen LogP contribution in [-0.4, -0.2) is 30.1 Å².